The van der Waals surface area contributed by atoms with Crippen molar-refractivity contribution < 1.29 is 9.21 Å². The lowest BCUT2D eigenvalue weighted by Gasteiger charge is -2.19. The summed E-state index contributed by atoms with van der Waals surface area (Å²) in [5.41, 5.74) is 2.09. The number of amides is 1. The Morgan fingerprint density at radius 1 is 1.30 bits per heavy atom. The van der Waals surface area contributed by atoms with Crippen molar-refractivity contribution in [2.24, 2.45) is 5.10 Å². The van der Waals surface area contributed by atoms with E-state index in [0.29, 0.717) is 6.42 Å². The summed E-state index contributed by atoms with van der Waals surface area (Å²) in [5, 5.41) is 10.1. The van der Waals surface area contributed by atoms with Gasteiger partial charge in [0.2, 0.25) is 0 Å². The van der Waals surface area contributed by atoms with Crippen LogP contribution in [0.15, 0.2) is 56.8 Å². The van der Waals surface area contributed by atoms with E-state index in [-0.39, 0.29) is 17.7 Å². The zero-order valence-corrected chi connectivity index (χ0v) is 18.8. The van der Waals surface area contributed by atoms with Crippen molar-refractivity contribution >= 4 is 56.3 Å². The predicted molar refractivity (Wildman–Crippen MR) is 121 cm³/mol. The molecule has 0 spiro atoms. The molecule has 1 amide bonds. The molecule has 5 heterocycles. The summed E-state index contributed by atoms with van der Waals surface area (Å²) in [6.07, 6.45) is 3.85. The van der Waals surface area contributed by atoms with Crippen molar-refractivity contribution in [1.29, 1.82) is 0 Å². The van der Waals surface area contributed by atoms with Crippen LogP contribution in [0.2, 0.25) is 0 Å². The first-order valence-electron chi connectivity index (χ1n) is 9.42. The van der Waals surface area contributed by atoms with Gasteiger partial charge < -0.3 is 4.42 Å². The van der Waals surface area contributed by atoms with Gasteiger partial charge in [-0.25, -0.2) is 15.0 Å². The number of thiophene rings is 2. The summed E-state index contributed by atoms with van der Waals surface area (Å²) < 4.78 is 5.61. The predicted octanol–water partition coefficient (Wildman–Crippen LogP) is 5.43. The lowest BCUT2D eigenvalue weighted by molar-refractivity contribution is -0.130. The maximum Gasteiger partial charge on any atom is 0.253 e. The van der Waals surface area contributed by atoms with Crippen LogP contribution in [0.25, 0.3) is 10.2 Å². The van der Waals surface area contributed by atoms with Crippen LogP contribution >= 0.6 is 34.4 Å². The molecule has 0 radical (unpaired) electrons. The SMILES string of the molecule is Cc1sc2ncnc(SCC(=O)N3N=C(c4cccs4)C[C@@H]3c3ccco3)c2c1C. The lowest BCUT2D eigenvalue weighted by atomic mass is 10.1. The number of thioether (sulfide) groups is 1. The Hall–Kier alpha value is -2.49. The second kappa shape index (κ2) is 7.98. The Labute approximate surface area is 185 Å². The van der Waals surface area contributed by atoms with Gasteiger partial charge in [-0.05, 0) is 43.0 Å². The molecule has 0 bridgehead atoms. The Balaban J connectivity index is 1.40. The molecule has 4 aromatic heterocycles. The van der Waals surface area contributed by atoms with Gasteiger partial charge >= 0.3 is 0 Å². The molecule has 0 unspecified atom stereocenters. The molecule has 5 rings (SSSR count). The Bertz CT molecular complexity index is 1230. The first-order valence-corrected chi connectivity index (χ1v) is 12.1. The summed E-state index contributed by atoms with van der Waals surface area (Å²) >= 11 is 4.72. The molecule has 0 fully saturated rings. The third-order valence-corrected chi connectivity index (χ3v) is 8.11. The van der Waals surface area contributed by atoms with Crippen LogP contribution in [-0.2, 0) is 4.79 Å². The molecule has 6 nitrogen and oxygen atoms in total. The van der Waals surface area contributed by atoms with Crippen LogP contribution in [0, 0.1) is 13.8 Å². The van der Waals surface area contributed by atoms with Crippen molar-refractivity contribution in [3.8, 4) is 0 Å². The molecule has 0 aliphatic carbocycles. The molecule has 0 saturated heterocycles. The largest absolute Gasteiger partial charge is 0.467 e. The van der Waals surface area contributed by atoms with E-state index in [1.165, 1.54) is 22.2 Å². The number of carbonyl (C=O) groups excluding carboxylic acids is 1. The van der Waals surface area contributed by atoms with Crippen LogP contribution in [0.1, 0.15) is 33.5 Å². The quantitative estimate of drug-likeness (QED) is 0.297. The molecule has 0 saturated carbocycles. The summed E-state index contributed by atoms with van der Waals surface area (Å²) in [6.45, 7) is 4.16. The zero-order chi connectivity index (χ0) is 20.7. The topological polar surface area (TPSA) is 71.6 Å². The number of rotatable bonds is 5. The summed E-state index contributed by atoms with van der Waals surface area (Å²) in [7, 11) is 0. The molecular weight excluding hydrogens is 436 g/mol. The second-order valence-electron chi connectivity index (χ2n) is 6.93. The minimum absolute atomic E-state index is 0.0654. The highest BCUT2D eigenvalue weighted by Crippen LogP contribution is 2.37. The van der Waals surface area contributed by atoms with Gasteiger partial charge in [0, 0.05) is 16.7 Å². The van der Waals surface area contributed by atoms with Gasteiger partial charge in [-0.15, -0.1) is 22.7 Å². The van der Waals surface area contributed by atoms with Gasteiger partial charge in [-0.1, -0.05) is 17.8 Å². The van der Waals surface area contributed by atoms with E-state index in [0.717, 1.165) is 31.6 Å². The van der Waals surface area contributed by atoms with Crippen molar-refractivity contribution in [3.63, 3.8) is 0 Å². The van der Waals surface area contributed by atoms with Crippen LogP contribution < -0.4 is 0 Å². The van der Waals surface area contributed by atoms with Crippen LogP contribution in [0.4, 0.5) is 0 Å². The van der Waals surface area contributed by atoms with E-state index >= 15 is 0 Å². The summed E-state index contributed by atoms with van der Waals surface area (Å²) in [5.74, 6) is 0.931. The normalized spacial score (nSPS) is 16.4. The maximum absolute atomic E-state index is 13.2. The second-order valence-corrected chi connectivity index (χ2v) is 10.0. The van der Waals surface area contributed by atoms with Gasteiger partial charge in [0.25, 0.3) is 5.91 Å². The molecular formula is C21H18N4O2S3. The first-order chi connectivity index (χ1) is 14.6. The Morgan fingerprint density at radius 2 is 2.20 bits per heavy atom. The Morgan fingerprint density at radius 3 is 2.97 bits per heavy atom. The molecule has 30 heavy (non-hydrogen) atoms. The van der Waals surface area contributed by atoms with Crippen LogP contribution in [-0.4, -0.2) is 32.3 Å². The highest BCUT2D eigenvalue weighted by atomic mass is 32.2. The van der Waals surface area contributed by atoms with Gasteiger partial charge in [0.15, 0.2) is 0 Å². The van der Waals surface area contributed by atoms with Gasteiger partial charge in [0.1, 0.15) is 28.0 Å². The number of carbonyl (C=O) groups is 1. The van der Waals surface area contributed by atoms with Crippen molar-refractivity contribution in [2.75, 3.05) is 5.75 Å². The maximum atomic E-state index is 13.2. The van der Waals surface area contributed by atoms with E-state index < -0.39 is 0 Å². The monoisotopic (exact) mass is 454 g/mol. The van der Waals surface area contributed by atoms with Crippen LogP contribution in [0.5, 0.6) is 0 Å². The average molecular weight is 455 g/mol. The highest BCUT2D eigenvalue weighted by Gasteiger charge is 2.35. The third-order valence-electron chi connectivity index (χ3n) is 5.11. The van der Waals surface area contributed by atoms with E-state index in [4.69, 9.17) is 4.42 Å². The molecule has 4 aromatic rings. The average Bonchev–Trinajstić information content (AvgIpc) is 3.53. The molecule has 1 atom stereocenters. The van der Waals surface area contributed by atoms with Gasteiger partial charge in [-0.3, -0.25) is 4.79 Å². The summed E-state index contributed by atoms with van der Waals surface area (Å²) in [6, 6.07) is 7.55. The molecule has 0 N–H and O–H groups in total. The van der Waals surface area contributed by atoms with E-state index in [2.05, 4.69) is 28.9 Å². The number of hydrazone groups is 1. The fourth-order valence-corrected chi connectivity index (χ4v) is 6.18. The summed E-state index contributed by atoms with van der Waals surface area (Å²) in [4.78, 5) is 25.3. The number of fused-ring (bicyclic) bond motifs is 1. The standard InChI is InChI=1S/C21H18N4O2S3/c1-12-13(2)30-21-19(12)20(22-11-23-21)29-10-18(26)25-15(16-5-3-7-27-16)9-14(24-25)17-6-4-8-28-17/h3-8,11,15H,9-10H2,1-2H3/t15-/m1/s1. The highest BCUT2D eigenvalue weighted by molar-refractivity contribution is 8.00. The molecule has 1 aliphatic heterocycles. The van der Waals surface area contributed by atoms with Gasteiger partial charge in [0.05, 0.1) is 22.6 Å². The van der Waals surface area contributed by atoms with Crippen LogP contribution in [0.3, 0.4) is 0 Å². The zero-order valence-electron chi connectivity index (χ0n) is 16.4. The number of aromatic nitrogens is 2. The van der Waals surface area contributed by atoms with Crippen molar-refractivity contribution in [3.05, 3.63) is 63.3 Å². The molecule has 9 heteroatoms. The first kappa shape index (κ1) is 19.5. The number of hydrogen-bond donors (Lipinski definition) is 0. The third kappa shape index (κ3) is 3.46. The van der Waals surface area contributed by atoms with Crippen molar-refractivity contribution in [1.82, 2.24) is 15.0 Å². The number of aryl methyl sites for hydroxylation is 2. The number of nitrogens with zero attached hydrogens (tertiary/aromatic N) is 4. The lowest BCUT2D eigenvalue weighted by Crippen LogP contribution is -2.28. The molecule has 1 aliphatic rings. The molecule has 152 valence electrons. The van der Waals surface area contributed by atoms with E-state index in [9.17, 15) is 4.79 Å². The number of furan rings is 1. The van der Waals surface area contributed by atoms with E-state index in [1.54, 1.807) is 40.3 Å². The number of hydrogen-bond acceptors (Lipinski definition) is 8. The fraction of sp³-hybridized carbons (Fsp3) is 0.238. The fourth-order valence-electron chi connectivity index (χ4n) is 3.49. The smallest absolute Gasteiger partial charge is 0.253 e. The Kier molecular flexibility index (Phi) is 5.18. The van der Waals surface area contributed by atoms with E-state index in [1.807, 2.05) is 29.6 Å². The minimum atomic E-state index is -0.222. The van der Waals surface area contributed by atoms with Gasteiger partial charge in [-0.2, -0.15) is 5.10 Å². The minimum Gasteiger partial charge on any atom is -0.467 e. The molecule has 0 aromatic carbocycles. The van der Waals surface area contributed by atoms with Crippen molar-refractivity contribution in [2.45, 2.75) is 31.3 Å².